The molecular formula is C12H25N3O. The molecule has 4 nitrogen and oxygen atoms in total. The van der Waals surface area contributed by atoms with Gasteiger partial charge in [0.05, 0.1) is 6.54 Å². The molecule has 0 aliphatic heterocycles. The normalized spacial score (nSPS) is 17.1. The van der Waals surface area contributed by atoms with E-state index in [9.17, 15) is 4.79 Å². The van der Waals surface area contributed by atoms with Crippen LogP contribution in [0.4, 0.5) is 0 Å². The van der Waals surface area contributed by atoms with Crippen LogP contribution in [0.1, 0.15) is 39.0 Å². The Morgan fingerprint density at radius 3 is 2.81 bits per heavy atom. The monoisotopic (exact) mass is 227 g/mol. The van der Waals surface area contributed by atoms with Crippen LogP contribution in [-0.2, 0) is 4.79 Å². The summed E-state index contributed by atoms with van der Waals surface area (Å²) in [5.41, 5.74) is 5.61. The molecular weight excluding hydrogens is 202 g/mol. The highest BCUT2D eigenvalue weighted by atomic mass is 16.1. The summed E-state index contributed by atoms with van der Waals surface area (Å²) >= 11 is 0. The molecule has 1 rings (SSSR count). The molecule has 0 heterocycles. The van der Waals surface area contributed by atoms with Crippen LogP contribution in [0.25, 0.3) is 0 Å². The third kappa shape index (κ3) is 6.08. The highest BCUT2D eigenvalue weighted by Crippen LogP contribution is 2.27. The number of amides is 1. The van der Waals surface area contributed by atoms with E-state index in [1.807, 2.05) is 0 Å². The van der Waals surface area contributed by atoms with Crippen LogP contribution in [0.3, 0.4) is 0 Å². The first-order chi connectivity index (χ1) is 7.76. The summed E-state index contributed by atoms with van der Waals surface area (Å²) < 4.78 is 0. The molecule has 0 aromatic heterocycles. The highest BCUT2D eigenvalue weighted by molar-refractivity contribution is 5.78. The standard InChI is InChI=1S/C12H25N3O/c1-2-3-4-11(7-13)15-12(16)9-14-8-10-5-6-10/h10-11,14H,2-9,13H2,1H3,(H,15,16). The first-order valence-corrected chi connectivity index (χ1v) is 6.46. The predicted molar refractivity (Wildman–Crippen MR) is 66.1 cm³/mol. The Morgan fingerprint density at radius 1 is 1.50 bits per heavy atom. The second kappa shape index (κ2) is 7.63. The molecule has 0 bridgehead atoms. The van der Waals surface area contributed by atoms with Crippen molar-refractivity contribution in [1.82, 2.24) is 10.6 Å². The molecule has 0 saturated heterocycles. The van der Waals surface area contributed by atoms with E-state index in [0.29, 0.717) is 13.1 Å². The fourth-order valence-corrected chi connectivity index (χ4v) is 1.69. The van der Waals surface area contributed by atoms with Gasteiger partial charge in [-0.1, -0.05) is 19.8 Å². The largest absolute Gasteiger partial charge is 0.351 e. The number of hydrogen-bond donors (Lipinski definition) is 3. The average Bonchev–Trinajstić information content (AvgIpc) is 3.08. The van der Waals surface area contributed by atoms with Crippen LogP contribution >= 0.6 is 0 Å². The Labute approximate surface area is 98.3 Å². The first kappa shape index (κ1) is 13.5. The number of carbonyl (C=O) groups excluding carboxylic acids is 1. The van der Waals surface area contributed by atoms with Crippen molar-refractivity contribution >= 4 is 5.91 Å². The fourth-order valence-electron chi connectivity index (χ4n) is 1.69. The van der Waals surface area contributed by atoms with Crippen LogP contribution in [-0.4, -0.2) is 31.6 Å². The molecule has 0 aromatic carbocycles. The van der Waals surface area contributed by atoms with Crippen molar-refractivity contribution in [1.29, 1.82) is 0 Å². The Balaban J connectivity index is 2.04. The van der Waals surface area contributed by atoms with Crippen molar-refractivity contribution in [2.24, 2.45) is 11.7 Å². The minimum absolute atomic E-state index is 0.0761. The summed E-state index contributed by atoms with van der Waals surface area (Å²) in [5.74, 6) is 0.894. The summed E-state index contributed by atoms with van der Waals surface area (Å²) in [7, 11) is 0. The van der Waals surface area contributed by atoms with Gasteiger partial charge in [0.25, 0.3) is 0 Å². The van der Waals surface area contributed by atoms with Crippen molar-refractivity contribution in [3.8, 4) is 0 Å². The number of hydrogen-bond acceptors (Lipinski definition) is 3. The summed E-state index contributed by atoms with van der Waals surface area (Å²) in [6, 6.07) is 0.148. The Morgan fingerprint density at radius 2 is 2.25 bits per heavy atom. The minimum Gasteiger partial charge on any atom is -0.351 e. The smallest absolute Gasteiger partial charge is 0.234 e. The molecule has 1 saturated carbocycles. The molecule has 4 heteroatoms. The number of unbranched alkanes of at least 4 members (excludes halogenated alkanes) is 1. The summed E-state index contributed by atoms with van der Waals surface area (Å²) in [4.78, 5) is 11.5. The summed E-state index contributed by atoms with van der Waals surface area (Å²) in [6.07, 6.45) is 5.89. The highest BCUT2D eigenvalue weighted by Gasteiger charge is 2.20. The summed E-state index contributed by atoms with van der Waals surface area (Å²) in [6.45, 7) is 4.09. The maximum atomic E-state index is 11.5. The molecule has 0 radical (unpaired) electrons. The average molecular weight is 227 g/mol. The second-order valence-corrected chi connectivity index (χ2v) is 4.72. The zero-order valence-corrected chi connectivity index (χ0v) is 10.3. The van der Waals surface area contributed by atoms with Gasteiger partial charge in [-0.3, -0.25) is 4.79 Å². The van der Waals surface area contributed by atoms with Gasteiger partial charge in [0.15, 0.2) is 0 Å². The molecule has 0 aromatic rings. The van der Waals surface area contributed by atoms with Crippen molar-refractivity contribution in [3.05, 3.63) is 0 Å². The van der Waals surface area contributed by atoms with Crippen LogP contribution in [0, 0.1) is 5.92 Å². The zero-order chi connectivity index (χ0) is 11.8. The van der Waals surface area contributed by atoms with Gasteiger partial charge in [0, 0.05) is 12.6 Å². The van der Waals surface area contributed by atoms with Gasteiger partial charge in [0.1, 0.15) is 0 Å². The van der Waals surface area contributed by atoms with E-state index < -0.39 is 0 Å². The fraction of sp³-hybridized carbons (Fsp3) is 0.917. The molecule has 1 fully saturated rings. The van der Waals surface area contributed by atoms with Crippen molar-refractivity contribution < 1.29 is 4.79 Å². The lowest BCUT2D eigenvalue weighted by atomic mass is 10.1. The lowest BCUT2D eigenvalue weighted by molar-refractivity contribution is -0.120. The third-order valence-corrected chi connectivity index (χ3v) is 2.97. The Bertz CT molecular complexity index is 204. The molecule has 1 aliphatic carbocycles. The van der Waals surface area contributed by atoms with Crippen LogP contribution in [0.15, 0.2) is 0 Å². The Hall–Kier alpha value is -0.610. The number of nitrogens with one attached hydrogen (secondary N) is 2. The van der Waals surface area contributed by atoms with Crippen molar-refractivity contribution in [2.75, 3.05) is 19.6 Å². The maximum Gasteiger partial charge on any atom is 0.234 e. The van der Waals surface area contributed by atoms with Gasteiger partial charge in [-0.2, -0.15) is 0 Å². The van der Waals surface area contributed by atoms with Gasteiger partial charge in [-0.05, 0) is 31.7 Å². The predicted octanol–water partition coefficient (Wildman–Crippen LogP) is 0.620. The zero-order valence-electron chi connectivity index (χ0n) is 10.3. The van der Waals surface area contributed by atoms with E-state index in [0.717, 1.165) is 31.7 Å². The van der Waals surface area contributed by atoms with Crippen LogP contribution < -0.4 is 16.4 Å². The number of rotatable bonds is 9. The minimum atomic E-state index is 0.0761. The number of nitrogens with two attached hydrogens (primary N) is 1. The van der Waals surface area contributed by atoms with Gasteiger partial charge in [0.2, 0.25) is 5.91 Å². The van der Waals surface area contributed by atoms with E-state index >= 15 is 0 Å². The molecule has 16 heavy (non-hydrogen) atoms. The van der Waals surface area contributed by atoms with Gasteiger partial charge < -0.3 is 16.4 Å². The molecule has 94 valence electrons. The van der Waals surface area contributed by atoms with E-state index in [2.05, 4.69) is 17.6 Å². The third-order valence-electron chi connectivity index (χ3n) is 2.97. The first-order valence-electron chi connectivity index (χ1n) is 6.46. The molecule has 1 atom stereocenters. The lowest BCUT2D eigenvalue weighted by Gasteiger charge is -2.16. The van der Waals surface area contributed by atoms with Crippen LogP contribution in [0.5, 0.6) is 0 Å². The molecule has 1 amide bonds. The second-order valence-electron chi connectivity index (χ2n) is 4.72. The topological polar surface area (TPSA) is 67.1 Å². The van der Waals surface area contributed by atoms with E-state index in [1.54, 1.807) is 0 Å². The lowest BCUT2D eigenvalue weighted by Crippen LogP contribution is -2.44. The van der Waals surface area contributed by atoms with Crippen molar-refractivity contribution in [2.45, 2.75) is 45.1 Å². The SMILES string of the molecule is CCCCC(CN)NC(=O)CNCC1CC1. The van der Waals surface area contributed by atoms with Crippen LogP contribution in [0.2, 0.25) is 0 Å². The summed E-state index contributed by atoms with van der Waals surface area (Å²) in [5, 5.41) is 6.15. The molecule has 0 spiro atoms. The molecule has 1 aliphatic rings. The van der Waals surface area contributed by atoms with E-state index in [-0.39, 0.29) is 11.9 Å². The van der Waals surface area contributed by atoms with Gasteiger partial charge in [-0.15, -0.1) is 0 Å². The maximum absolute atomic E-state index is 11.5. The van der Waals surface area contributed by atoms with E-state index in [1.165, 1.54) is 12.8 Å². The van der Waals surface area contributed by atoms with E-state index in [4.69, 9.17) is 5.73 Å². The molecule has 1 unspecified atom stereocenters. The number of carbonyl (C=O) groups is 1. The molecule has 4 N–H and O–H groups in total. The Kier molecular flexibility index (Phi) is 6.42. The quantitative estimate of drug-likeness (QED) is 0.541. The van der Waals surface area contributed by atoms with Gasteiger partial charge >= 0.3 is 0 Å². The van der Waals surface area contributed by atoms with Crippen molar-refractivity contribution in [3.63, 3.8) is 0 Å². The van der Waals surface area contributed by atoms with Gasteiger partial charge in [-0.25, -0.2) is 0 Å².